The summed E-state index contributed by atoms with van der Waals surface area (Å²) in [6.45, 7) is 0. The van der Waals surface area contributed by atoms with Gasteiger partial charge < -0.3 is 5.73 Å². The molecule has 2 rings (SSSR count). The minimum atomic E-state index is -4.39. The van der Waals surface area contributed by atoms with E-state index in [9.17, 15) is 22.0 Å². The lowest BCUT2D eigenvalue weighted by Crippen LogP contribution is -2.39. The van der Waals surface area contributed by atoms with Crippen molar-refractivity contribution in [2.75, 3.05) is 7.05 Å². The number of nitrogens with zero attached hydrogens (tertiary/aromatic N) is 1. The molecule has 0 aliphatic heterocycles. The fourth-order valence-electron chi connectivity index (χ4n) is 2.20. The van der Waals surface area contributed by atoms with Crippen LogP contribution in [-0.4, -0.2) is 25.7 Å². The lowest BCUT2D eigenvalue weighted by atomic mass is 10.1. The third kappa shape index (κ3) is 3.63. The Morgan fingerprint density at radius 1 is 1.21 bits per heavy atom. The number of hydrogen-bond donors (Lipinski definition) is 1. The molecule has 0 heterocycles. The summed E-state index contributed by atoms with van der Waals surface area (Å²) >= 11 is 3.07. The number of primary amides is 1. The zero-order valence-corrected chi connectivity index (χ0v) is 14.8. The van der Waals surface area contributed by atoms with Gasteiger partial charge in [-0.3, -0.25) is 4.79 Å². The molecule has 1 amide bonds. The number of nitrogens with two attached hydrogens (primary N) is 1. The molecular formula is C15H13BrF2N2O3S. The Kier molecular flexibility index (Phi) is 5.36. The van der Waals surface area contributed by atoms with Gasteiger partial charge in [-0.25, -0.2) is 17.2 Å². The molecular weight excluding hydrogens is 406 g/mol. The molecule has 0 spiro atoms. The van der Waals surface area contributed by atoms with E-state index in [0.717, 1.165) is 31.3 Å². The molecule has 1 unspecified atom stereocenters. The van der Waals surface area contributed by atoms with Crippen molar-refractivity contribution in [1.82, 2.24) is 4.31 Å². The number of halogens is 3. The first-order valence-corrected chi connectivity index (χ1v) is 8.86. The maximum absolute atomic E-state index is 14.0. The summed E-state index contributed by atoms with van der Waals surface area (Å²) in [4.78, 5) is 11.2. The van der Waals surface area contributed by atoms with Gasteiger partial charge in [-0.2, -0.15) is 4.31 Å². The van der Waals surface area contributed by atoms with Gasteiger partial charge in [0.05, 0.1) is 0 Å². The fourth-order valence-corrected chi connectivity index (χ4v) is 4.12. The molecule has 0 saturated carbocycles. The summed E-state index contributed by atoms with van der Waals surface area (Å²) in [6, 6.07) is 6.73. The zero-order valence-electron chi connectivity index (χ0n) is 12.4. The molecule has 0 bridgehead atoms. The van der Waals surface area contributed by atoms with Crippen LogP contribution in [0.25, 0.3) is 0 Å². The predicted molar refractivity (Wildman–Crippen MR) is 87.4 cm³/mol. The minimum Gasteiger partial charge on any atom is -0.368 e. The second-order valence-corrected chi connectivity index (χ2v) is 7.84. The van der Waals surface area contributed by atoms with E-state index in [1.807, 2.05) is 0 Å². The van der Waals surface area contributed by atoms with Gasteiger partial charge in [0.15, 0.2) is 0 Å². The number of hydrogen-bond acceptors (Lipinski definition) is 3. The highest BCUT2D eigenvalue weighted by Crippen LogP contribution is 2.29. The first-order valence-electron chi connectivity index (χ1n) is 6.62. The molecule has 128 valence electrons. The standard InChI is InChI=1S/C15H13BrF2N2O3S/c1-20(14(15(19)21)9-3-2-4-11(17)7-9)24(22,23)13-8-10(16)5-6-12(13)18/h2-8,14H,1H3,(H2,19,21). The summed E-state index contributed by atoms with van der Waals surface area (Å²) in [5, 5.41) is 0. The van der Waals surface area contributed by atoms with Gasteiger partial charge in [-0.15, -0.1) is 0 Å². The van der Waals surface area contributed by atoms with E-state index >= 15 is 0 Å². The molecule has 1 atom stereocenters. The second kappa shape index (κ2) is 6.96. The molecule has 0 aliphatic carbocycles. The van der Waals surface area contributed by atoms with Crippen LogP contribution in [0, 0.1) is 11.6 Å². The molecule has 0 aliphatic rings. The van der Waals surface area contributed by atoms with Crippen LogP contribution >= 0.6 is 15.9 Å². The van der Waals surface area contributed by atoms with Crippen molar-refractivity contribution >= 4 is 31.9 Å². The molecule has 0 aromatic heterocycles. The first-order chi connectivity index (χ1) is 11.1. The third-order valence-corrected chi connectivity index (χ3v) is 5.68. The van der Waals surface area contributed by atoms with Crippen LogP contribution in [0.2, 0.25) is 0 Å². The summed E-state index contributed by atoms with van der Waals surface area (Å²) in [7, 11) is -3.31. The number of benzene rings is 2. The Morgan fingerprint density at radius 2 is 1.88 bits per heavy atom. The van der Waals surface area contributed by atoms with Gasteiger partial charge in [0.1, 0.15) is 22.6 Å². The van der Waals surface area contributed by atoms with Gasteiger partial charge in [-0.1, -0.05) is 28.1 Å². The summed E-state index contributed by atoms with van der Waals surface area (Å²) in [6.07, 6.45) is 0. The Bertz CT molecular complexity index is 890. The van der Waals surface area contributed by atoms with Crippen LogP contribution in [0.15, 0.2) is 51.8 Å². The summed E-state index contributed by atoms with van der Waals surface area (Å²) in [5.74, 6) is -2.65. The van der Waals surface area contributed by atoms with E-state index in [0.29, 0.717) is 8.78 Å². The molecule has 2 N–H and O–H groups in total. The van der Waals surface area contributed by atoms with Crippen molar-refractivity contribution in [2.24, 2.45) is 5.73 Å². The SMILES string of the molecule is CN(C(C(N)=O)c1cccc(F)c1)S(=O)(=O)c1cc(Br)ccc1F. The van der Waals surface area contributed by atoms with Crippen LogP contribution in [0.4, 0.5) is 8.78 Å². The van der Waals surface area contributed by atoms with Gasteiger partial charge in [-0.05, 0) is 35.9 Å². The molecule has 2 aromatic carbocycles. The van der Waals surface area contributed by atoms with Crippen LogP contribution in [0.1, 0.15) is 11.6 Å². The van der Waals surface area contributed by atoms with Crippen LogP contribution < -0.4 is 5.73 Å². The average Bonchev–Trinajstić information content (AvgIpc) is 2.49. The van der Waals surface area contributed by atoms with Crippen molar-refractivity contribution in [3.63, 3.8) is 0 Å². The highest BCUT2D eigenvalue weighted by Gasteiger charge is 2.34. The fraction of sp³-hybridized carbons (Fsp3) is 0.133. The van der Waals surface area contributed by atoms with E-state index in [1.165, 1.54) is 18.2 Å². The lowest BCUT2D eigenvalue weighted by Gasteiger charge is -2.25. The third-order valence-electron chi connectivity index (χ3n) is 3.35. The predicted octanol–water partition coefficient (Wildman–Crippen LogP) is 2.57. The molecule has 9 heteroatoms. The minimum absolute atomic E-state index is 0.0454. The van der Waals surface area contributed by atoms with Gasteiger partial charge in [0.25, 0.3) is 0 Å². The van der Waals surface area contributed by atoms with E-state index in [2.05, 4.69) is 15.9 Å². The molecule has 24 heavy (non-hydrogen) atoms. The molecule has 2 aromatic rings. The van der Waals surface area contributed by atoms with Crippen molar-refractivity contribution in [3.05, 3.63) is 64.1 Å². The highest BCUT2D eigenvalue weighted by atomic mass is 79.9. The molecule has 0 fully saturated rings. The number of carbonyl (C=O) groups is 1. The Hall–Kier alpha value is -1.84. The topological polar surface area (TPSA) is 80.5 Å². The van der Waals surface area contributed by atoms with Gasteiger partial charge in [0, 0.05) is 11.5 Å². The van der Waals surface area contributed by atoms with Crippen molar-refractivity contribution in [2.45, 2.75) is 10.9 Å². The lowest BCUT2D eigenvalue weighted by molar-refractivity contribution is -0.121. The number of rotatable bonds is 5. The molecule has 5 nitrogen and oxygen atoms in total. The number of sulfonamides is 1. The van der Waals surface area contributed by atoms with Gasteiger partial charge in [0.2, 0.25) is 15.9 Å². The van der Waals surface area contributed by atoms with E-state index in [1.54, 1.807) is 0 Å². The Morgan fingerprint density at radius 3 is 2.46 bits per heavy atom. The van der Waals surface area contributed by atoms with Crippen molar-refractivity contribution < 1.29 is 22.0 Å². The smallest absolute Gasteiger partial charge is 0.246 e. The van der Waals surface area contributed by atoms with E-state index in [-0.39, 0.29) is 5.56 Å². The van der Waals surface area contributed by atoms with Gasteiger partial charge >= 0.3 is 0 Å². The largest absolute Gasteiger partial charge is 0.368 e. The zero-order chi connectivity index (χ0) is 18.1. The van der Waals surface area contributed by atoms with E-state index < -0.39 is 38.5 Å². The molecule has 0 saturated heterocycles. The number of carbonyl (C=O) groups excluding carboxylic acids is 1. The Labute approximate surface area is 146 Å². The number of likely N-dealkylation sites (N-methyl/N-ethyl adjacent to an activating group) is 1. The van der Waals surface area contributed by atoms with Crippen molar-refractivity contribution in [1.29, 1.82) is 0 Å². The summed E-state index contributed by atoms with van der Waals surface area (Å²) < 4.78 is 53.7. The second-order valence-electron chi connectivity index (χ2n) is 4.96. The maximum Gasteiger partial charge on any atom is 0.246 e. The van der Waals surface area contributed by atoms with Crippen LogP contribution in [-0.2, 0) is 14.8 Å². The summed E-state index contributed by atoms with van der Waals surface area (Å²) in [5.41, 5.74) is 5.34. The molecule has 0 radical (unpaired) electrons. The first kappa shape index (κ1) is 18.5. The van der Waals surface area contributed by atoms with Crippen LogP contribution in [0.5, 0.6) is 0 Å². The normalized spacial score (nSPS) is 13.0. The average molecular weight is 419 g/mol. The number of amides is 1. The van der Waals surface area contributed by atoms with Crippen LogP contribution in [0.3, 0.4) is 0 Å². The van der Waals surface area contributed by atoms with Crippen molar-refractivity contribution in [3.8, 4) is 0 Å². The van der Waals surface area contributed by atoms with E-state index in [4.69, 9.17) is 5.73 Å². The highest BCUT2D eigenvalue weighted by molar-refractivity contribution is 9.10. The monoisotopic (exact) mass is 418 g/mol. The quantitative estimate of drug-likeness (QED) is 0.809. The maximum atomic E-state index is 14.0. The Balaban J connectivity index is 2.55.